The number of aromatic nitrogens is 4. The molecule has 0 saturated carbocycles. The van der Waals surface area contributed by atoms with Crippen LogP contribution in [0.5, 0.6) is 5.75 Å². The third-order valence-electron chi connectivity index (χ3n) is 4.99. The molecule has 1 aromatic carbocycles. The molecule has 0 saturated heterocycles. The van der Waals surface area contributed by atoms with Gasteiger partial charge in [-0.05, 0) is 30.5 Å². The maximum Gasteiger partial charge on any atom is 0.333 e. The van der Waals surface area contributed by atoms with Gasteiger partial charge in [0.05, 0.1) is 13.7 Å². The molecule has 0 aliphatic carbocycles. The molecule has 0 radical (unpaired) electrons. The second kappa shape index (κ2) is 9.09. The molecule has 0 aliphatic rings. The van der Waals surface area contributed by atoms with Crippen molar-refractivity contribution in [2.45, 2.75) is 59.4 Å². The Balaban J connectivity index is 2.27. The Morgan fingerprint density at radius 3 is 2.52 bits per heavy atom. The summed E-state index contributed by atoms with van der Waals surface area (Å²) in [7, 11) is 1.58. The fraction of sp³-hybridized carbons (Fsp3) is 0.476. The molecule has 2 heterocycles. The average molecular weight is 400 g/mol. The normalized spacial score (nSPS) is 11.3. The van der Waals surface area contributed by atoms with E-state index in [1.165, 1.54) is 4.57 Å². The van der Waals surface area contributed by atoms with Crippen molar-refractivity contribution in [3.8, 4) is 5.75 Å². The summed E-state index contributed by atoms with van der Waals surface area (Å²) in [6, 6.07) is 7.32. The molecule has 0 amide bonds. The number of imidazole rings is 1. The van der Waals surface area contributed by atoms with Gasteiger partial charge >= 0.3 is 5.69 Å². The number of benzene rings is 1. The molecule has 8 heteroatoms. The van der Waals surface area contributed by atoms with Gasteiger partial charge in [0.2, 0.25) is 0 Å². The summed E-state index contributed by atoms with van der Waals surface area (Å²) in [6.07, 6.45) is 2.48. The summed E-state index contributed by atoms with van der Waals surface area (Å²) >= 11 is 0. The van der Waals surface area contributed by atoms with Crippen LogP contribution >= 0.6 is 0 Å². The topological polar surface area (TPSA) is 91.3 Å². The number of ether oxygens (including phenoxy) is 1. The lowest BCUT2D eigenvalue weighted by molar-refractivity contribution is 0.265. The summed E-state index contributed by atoms with van der Waals surface area (Å²) in [5.74, 6) is 1.07. The second-order valence-electron chi connectivity index (χ2n) is 7.04. The molecule has 0 bridgehead atoms. The van der Waals surface area contributed by atoms with E-state index in [2.05, 4.69) is 4.98 Å². The monoisotopic (exact) mass is 400 g/mol. The van der Waals surface area contributed by atoms with Gasteiger partial charge in [-0.1, -0.05) is 32.4 Å². The molecule has 29 heavy (non-hydrogen) atoms. The minimum atomic E-state index is -0.388. The SMILES string of the molecule is CCCCn1c(=O)n(Cc2cccc(OC)c2)c(=O)c2c1nc(CO)n2CCC. The number of fused-ring (bicyclic) bond motifs is 1. The van der Waals surface area contributed by atoms with Crippen molar-refractivity contribution in [3.63, 3.8) is 0 Å². The van der Waals surface area contributed by atoms with Crippen LogP contribution in [-0.4, -0.2) is 30.9 Å². The summed E-state index contributed by atoms with van der Waals surface area (Å²) in [5.41, 5.74) is 0.752. The van der Waals surface area contributed by atoms with E-state index >= 15 is 0 Å². The first-order chi connectivity index (χ1) is 14.0. The summed E-state index contributed by atoms with van der Waals surface area (Å²) in [4.78, 5) is 31.0. The largest absolute Gasteiger partial charge is 0.497 e. The summed E-state index contributed by atoms with van der Waals surface area (Å²) < 4.78 is 9.81. The number of methoxy groups -OCH3 is 1. The highest BCUT2D eigenvalue weighted by Crippen LogP contribution is 2.16. The maximum absolute atomic E-state index is 13.3. The van der Waals surface area contributed by atoms with E-state index < -0.39 is 0 Å². The number of aryl methyl sites for hydroxylation is 2. The summed E-state index contributed by atoms with van der Waals surface area (Å²) in [6.45, 7) is 4.91. The van der Waals surface area contributed by atoms with E-state index in [1.54, 1.807) is 16.2 Å². The van der Waals surface area contributed by atoms with Crippen molar-refractivity contribution < 1.29 is 9.84 Å². The Morgan fingerprint density at radius 1 is 1.07 bits per heavy atom. The van der Waals surface area contributed by atoms with Crippen molar-refractivity contribution in [2.75, 3.05) is 7.11 Å². The summed E-state index contributed by atoms with van der Waals surface area (Å²) in [5, 5.41) is 9.74. The van der Waals surface area contributed by atoms with Gasteiger partial charge in [0, 0.05) is 13.1 Å². The maximum atomic E-state index is 13.3. The minimum absolute atomic E-state index is 0.142. The van der Waals surface area contributed by atoms with E-state index in [4.69, 9.17) is 4.74 Å². The molecule has 156 valence electrons. The fourth-order valence-electron chi connectivity index (χ4n) is 3.53. The predicted molar refractivity (Wildman–Crippen MR) is 111 cm³/mol. The zero-order valence-corrected chi connectivity index (χ0v) is 17.2. The van der Waals surface area contributed by atoms with E-state index in [-0.39, 0.29) is 24.4 Å². The zero-order valence-electron chi connectivity index (χ0n) is 17.2. The van der Waals surface area contributed by atoms with Crippen molar-refractivity contribution in [1.82, 2.24) is 18.7 Å². The van der Waals surface area contributed by atoms with E-state index in [0.29, 0.717) is 35.8 Å². The molecular weight excluding hydrogens is 372 g/mol. The third kappa shape index (κ3) is 3.98. The Bertz CT molecular complexity index is 1110. The zero-order chi connectivity index (χ0) is 21.0. The number of hydrogen-bond donors (Lipinski definition) is 1. The first kappa shape index (κ1) is 20.9. The van der Waals surface area contributed by atoms with E-state index in [0.717, 1.165) is 24.8 Å². The standard InChI is InChI=1S/C21H28N4O4/c1-4-6-11-24-19-18(23(10-5-2)17(14-26)22-19)20(27)25(21(24)28)13-15-8-7-9-16(12-15)29-3/h7-9,12,26H,4-6,10-11,13-14H2,1-3H3. The van der Waals surface area contributed by atoms with Crippen molar-refractivity contribution in [1.29, 1.82) is 0 Å². The fourth-order valence-corrected chi connectivity index (χ4v) is 3.53. The van der Waals surface area contributed by atoms with Crippen LogP contribution in [0.4, 0.5) is 0 Å². The molecule has 3 rings (SSSR count). The molecule has 0 atom stereocenters. The van der Waals surface area contributed by atoms with Crippen LogP contribution in [0.25, 0.3) is 11.2 Å². The van der Waals surface area contributed by atoms with Crippen molar-refractivity contribution >= 4 is 11.2 Å². The van der Waals surface area contributed by atoms with Gasteiger partial charge in [0.15, 0.2) is 11.2 Å². The third-order valence-corrected chi connectivity index (χ3v) is 4.99. The molecular formula is C21H28N4O4. The Morgan fingerprint density at radius 2 is 1.86 bits per heavy atom. The van der Waals surface area contributed by atoms with Gasteiger partial charge in [0.1, 0.15) is 18.2 Å². The van der Waals surface area contributed by atoms with Crippen LogP contribution in [0.1, 0.15) is 44.5 Å². The van der Waals surface area contributed by atoms with Crippen LogP contribution in [0, 0.1) is 0 Å². The first-order valence-corrected chi connectivity index (χ1v) is 10.0. The van der Waals surface area contributed by atoms with Crippen LogP contribution in [0.15, 0.2) is 33.9 Å². The first-order valence-electron chi connectivity index (χ1n) is 10.0. The molecule has 0 unspecified atom stereocenters. The molecule has 1 N–H and O–H groups in total. The predicted octanol–water partition coefficient (Wildman–Crippen LogP) is 2.12. The van der Waals surface area contributed by atoms with Gasteiger partial charge in [-0.2, -0.15) is 0 Å². The minimum Gasteiger partial charge on any atom is -0.497 e. The molecule has 2 aromatic heterocycles. The highest BCUT2D eigenvalue weighted by atomic mass is 16.5. The van der Waals surface area contributed by atoms with Crippen LogP contribution in [0.2, 0.25) is 0 Å². The van der Waals surface area contributed by atoms with Crippen molar-refractivity contribution in [2.24, 2.45) is 0 Å². The Kier molecular flexibility index (Phi) is 6.53. The molecule has 0 fully saturated rings. The second-order valence-corrected chi connectivity index (χ2v) is 7.04. The number of rotatable bonds is 9. The lowest BCUT2D eigenvalue weighted by Gasteiger charge is -2.13. The number of nitrogens with zero attached hydrogens (tertiary/aromatic N) is 4. The number of aliphatic hydroxyl groups is 1. The lowest BCUT2D eigenvalue weighted by atomic mass is 10.2. The van der Waals surface area contributed by atoms with Crippen molar-refractivity contribution in [3.05, 3.63) is 56.5 Å². The van der Waals surface area contributed by atoms with Gasteiger partial charge in [-0.15, -0.1) is 0 Å². The lowest BCUT2D eigenvalue weighted by Crippen LogP contribution is -2.41. The number of aliphatic hydroxyl groups excluding tert-OH is 1. The quantitative estimate of drug-likeness (QED) is 0.594. The highest BCUT2D eigenvalue weighted by Gasteiger charge is 2.21. The number of unbranched alkanes of at least 4 members (excludes halogenated alkanes) is 1. The molecule has 3 aromatic rings. The molecule has 8 nitrogen and oxygen atoms in total. The average Bonchev–Trinajstić information content (AvgIpc) is 3.10. The smallest absolute Gasteiger partial charge is 0.333 e. The highest BCUT2D eigenvalue weighted by molar-refractivity contribution is 5.71. The molecule has 0 aliphatic heterocycles. The number of hydrogen-bond acceptors (Lipinski definition) is 5. The van der Waals surface area contributed by atoms with E-state index in [1.807, 2.05) is 38.1 Å². The molecule has 0 spiro atoms. The van der Waals surface area contributed by atoms with Crippen LogP contribution in [-0.2, 0) is 26.2 Å². The van der Waals surface area contributed by atoms with Gasteiger partial charge in [0.25, 0.3) is 5.56 Å². The van der Waals surface area contributed by atoms with Gasteiger partial charge in [-0.25, -0.2) is 9.78 Å². The Hall–Kier alpha value is -2.87. The van der Waals surface area contributed by atoms with Crippen LogP contribution in [0.3, 0.4) is 0 Å². The van der Waals surface area contributed by atoms with E-state index in [9.17, 15) is 14.7 Å². The van der Waals surface area contributed by atoms with Crippen LogP contribution < -0.4 is 16.0 Å². The van der Waals surface area contributed by atoms with Gasteiger partial charge < -0.3 is 14.4 Å². The Labute approximate surface area is 169 Å². The van der Waals surface area contributed by atoms with Gasteiger partial charge in [-0.3, -0.25) is 13.9 Å².